The lowest BCUT2D eigenvalue weighted by Crippen LogP contribution is -2.39. The van der Waals surface area contributed by atoms with Gasteiger partial charge < -0.3 is 4.74 Å². The van der Waals surface area contributed by atoms with Crippen LogP contribution in [0.2, 0.25) is 0 Å². The van der Waals surface area contributed by atoms with Crippen molar-refractivity contribution in [2.24, 2.45) is 0 Å². The predicted octanol–water partition coefficient (Wildman–Crippen LogP) is 0.491. The van der Waals surface area contributed by atoms with E-state index < -0.39 is 6.17 Å². The zero-order valence-electron chi connectivity index (χ0n) is 6.05. The number of hydrogen-bond acceptors (Lipinski definition) is 2. The molecule has 1 fully saturated rings. The average molecular weight is 146 g/mol. The minimum atomic E-state index is -0.960. The summed E-state index contributed by atoms with van der Waals surface area (Å²) in [5, 5.41) is 0. The van der Waals surface area contributed by atoms with Gasteiger partial charge in [-0.05, 0) is 6.92 Å². The van der Waals surface area contributed by atoms with Crippen LogP contribution in [0, 0.1) is 6.92 Å². The Labute approximate surface area is 61.0 Å². The van der Waals surface area contributed by atoms with Crippen LogP contribution in [0.15, 0.2) is 0 Å². The summed E-state index contributed by atoms with van der Waals surface area (Å²) in [4.78, 5) is 2.03. The maximum atomic E-state index is 12.3. The molecule has 0 aromatic heterocycles. The van der Waals surface area contributed by atoms with E-state index in [1.165, 1.54) is 0 Å². The van der Waals surface area contributed by atoms with Crippen LogP contribution in [0.4, 0.5) is 4.39 Å². The van der Waals surface area contributed by atoms with Gasteiger partial charge in [0.15, 0.2) is 0 Å². The molecule has 10 heavy (non-hydrogen) atoms. The van der Waals surface area contributed by atoms with Gasteiger partial charge >= 0.3 is 0 Å². The molecular weight excluding hydrogens is 133 g/mol. The summed E-state index contributed by atoms with van der Waals surface area (Å²) >= 11 is 0. The highest BCUT2D eigenvalue weighted by Gasteiger charge is 2.12. The molecule has 0 amide bonds. The number of nitrogens with zero attached hydrogens (tertiary/aromatic N) is 1. The maximum Gasteiger partial charge on any atom is 0.113 e. The molecule has 1 aliphatic rings. The number of rotatable bonds is 2. The summed E-state index contributed by atoms with van der Waals surface area (Å²) in [5.74, 6) is 0. The Bertz CT molecular complexity index is 91.6. The van der Waals surface area contributed by atoms with E-state index >= 15 is 0 Å². The van der Waals surface area contributed by atoms with Crippen LogP contribution in [0.5, 0.6) is 0 Å². The molecular formula is C7H13FNO. The highest BCUT2D eigenvalue weighted by molar-refractivity contribution is 4.68. The van der Waals surface area contributed by atoms with Gasteiger partial charge in [-0.25, -0.2) is 4.39 Å². The number of halogens is 1. The number of alkyl halides is 1. The molecule has 0 aromatic carbocycles. The maximum absolute atomic E-state index is 12.3. The Morgan fingerprint density at radius 1 is 1.50 bits per heavy atom. The largest absolute Gasteiger partial charge is 0.379 e. The number of hydrogen-bond donors (Lipinski definition) is 0. The first-order chi connectivity index (χ1) is 4.79. The number of ether oxygens (including phenoxy) is 1. The summed E-state index contributed by atoms with van der Waals surface area (Å²) in [7, 11) is 0. The molecule has 1 radical (unpaired) electrons. The summed E-state index contributed by atoms with van der Waals surface area (Å²) in [6, 6.07) is 0. The minimum absolute atomic E-state index is 0.448. The standard InChI is InChI=1S/C7H13FNO/c1-7(8)6-9-2-4-10-5-3-9/h7H,1-6H2. The molecule has 2 nitrogen and oxygen atoms in total. The van der Waals surface area contributed by atoms with Crippen molar-refractivity contribution < 1.29 is 9.13 Å². The van der Waals surface area contributed by atoms with Crippen LogP contribution in [0.25, 0.3) is 0 Å². The van der Waals surface area contributed by atoms with Crippen molar-refractivity contribution in [3.8, 4) is 0 Å². The van der Waals surface area contributed by atoms with Crippen LogP contribution in [-0.4, -0.2) is 43.9 Å². The van der Waals surface area contributed by atoms with E-state index in [0.29, 0.717) is 6.54 Å². The van der Waals surface area contributed by atoms with Crippen LogP contribution in [0.1, 0.15) is 0 Å². The highest BCUT2D eigenvalue weighted by atomic mass is 19.1. The van der Waals surface area contributed by atoms with E-state index in [1.54, 1.807) is 0 Å². The Morgan fingerprint density at radius 3 is 2.60 bits per heavy atom. The Morgan fingerprint density at radius 2 is 2.10 bits per heavy atom. The van der Waals surface area contributed by atoms with Crippen molar-refractivity contribution in [1.29, 1.82) is 0 Å². The topological polar surface area (TPSA) is 12.5 Å². The zero-order valence-corrected chi connectivity index (χ0v) is 6.05. The van der Waals surface area contributed by atoms with Crippen LogP contribution in [-0.2, 0) is 4.74 Å². The molecule has 0 N–H and O–H groups in total. The summed E-state index contributed by atoms with van der Waals surface area (Å²) in [5.41, 5.74) is 0. The first-order valence-corrected chi connectivity index (χ1v) is 3.56. The molecule has 0 spiro atoms. The van der Waals surface area contributed by atoms with E-state index in [9.17, 15) is 4.39 Å². The van der Waals surface area contributed by atoms with Gasteiger partial charge in [-0.15, -0.1) is 0 Å². The van der Waals surface area contributed by atoms with Crippen molar-refractivity contribution in [2.75, 3.05) is 32.8 Å². The van der Waals surface area contributed by atoms with Crippen molar-refractivity contribution in [1.82, 2.24) is 4.90 Å². The number of morpholine rings is 1. The molecule has 1 heterocycles. The molecule has 1 saturated heterocycles. The lowest BCUT2D eigenvalue weighted by atomic mass is 10.3. The van der Waals surface area contributed by atoms with E-state index in [4.69, 9.17) is 4.74 Å². The van der Waals surface area contributed by atoms with Crippen LogP contribution in [0.3, 0.4) is 0 Å². The van der Waals surface area contributed by atoms with Gasteiger partial charge in [-0.3, -0.25) is 4.90 Å². The molecule has 59 valence electrons. The summed E-state index contributed by atoms with van der Waals surface area (Å²) in [6.07, 6.45) is -0.960. The zero-order chi connectivity index (χ0) is 7.40. The fourth-order valence-corrected chi connectivity index (χ4v) is 1.06. The molecule has 1 atom stereocenters. The smallest absolute Gasteiger partial charge is 0.113 e. The first-order valence-electron chi connectivity index (χ1n) is 3.56. The van der Waals surface area contributed by atoms with Gasteiger partial charge in [0.05, 0.1) is 13.2 Å². The molecule has 1 unspecified atom stereocenters. The van der Waals surface area contributed by atoms with Gasteiger partial charge in [-0.2, -0.15) is 0 Å². The second-order valence-electron chi connectivity index (χ2n) is 2.51. The fraction of sp³-hybridized carbons (Fsp3) is 0.857. The quantitative estimate of drug-likeness (QED) is 0.562. The SMILES string of the molecule is [CH2]C(F)CN1CCOCC1. The van der Waals surface area contributed by atoms with Gasteiger partial charge in [0, 0.05) is 19.6 Å². The van der Waals surface area contributed by atoms with Crippen LogP contribution >= 0.6 is 0 Å². The molecule has 0 bridgehead atoms. The minimum Gasteiger partial charge on any atom is -0.379 e. The van der Waals surface area contributed by atoms with Crippen molar-refractivity contribution in [3.05, 3.63) is 6.92 Å². The fourth-order valence-electron chi connectivity index (χ4n) is 1.06. The summed E-state index contributed by atoms with van der Waals surface area (Å²) in [6.45, 7) is 6.88. The molecule has 0 saturated carbocycles. The van der Waals surface area contributed by atoms with Crippen molar-refractivity contribution >= 4 is 0 Å². The summed E-state index contributed by atoms with van der Waals surface area (Å²) < 4.78 is 17.4. The lowest BCUT2D eigenvalue weighted by Gasteiger charge is -2.26. The van der Waals surface area contributed by atoms with Crippen molar-refractivity contribution in [2.45, 2.75) is 6.17 Å². The molecule has 3 heteroatoms. The third-order valence-electron chi connectivity index (χ3n) is 1.56. The molecule has 0 aromatic rings. The highest BCUT2D eigenvalue weighted by Crippen LogP contribution is 1.99. The van der Waals surface area contributed by atoms with E-state index in [0.717, 1.165) is 26.3 Å². The Balaban J connectivity index is 2.13. The third-order valence-corrected chi connectivity index (χ3v) is 1.56. The molecule has 1 rings (SSSR count). The van der Waals surface area contributed by atoms with Gasteiger partial charge in [0.2, 0.25) is 0 Å². The van der Waals surface area contributed by atoms with Gasteiger partial charge in [0.25, 0.3) is 0 Å². The molecule has 1 aliphatic heterocycles. The lowest BCUT2D eigenvalue weighted by molar-refractivity contribution is 0.0306. The van der Waals surface area contributed by atoms with Crippen molar-refractivity contribution in [3.63, 3.8) is 0 Å². The second-order valence-corrected chi connectivity index (χ2v) is 2.51. The van der Waals surface area contributed by atoms with Gasteiger partial charge in [-0.1, -0.05) is 0 Å². The Kier molecular flexibility index (Phi) is 3.09. The van der Waals surface area contributed by atoms with Crippen LogP contribution < -0.4 is 0 Å². The molecule has 0 aliphatic carbocycles. The van der Waals surface area contributed by atoms with E-state index in [1.807, 2.05) is 4.90 Å². The van der Waals surface area contributed by atoms with Gasteiger partial charge in [0.1, 0.15) is 6.17 Å². The monoisotopic (exact) mass is 146 g/mol. The first kappa shape index (κ1) is 7.95. The Hall–Kier alpha value is -0.150. The predicted molar refractivity (Wildman–Crippen MR) is 37.5 cm³/mol. The van der Waals surface area contributed by atoms with E-state index in [-0.39, 0.29) is 0 Å². The normalized spacial score (nSPS) is 24.6. The third kappa shape index (κ3) is 2.62. The second kappa shape index (κ2) is 3.88. The average Bonchev–Trinajstić information content (AvgIpc) is 1.88. The van der Waals surface area contributed by atoms with E-state index in [2.05, 4.69) is 6.92 Å².